The zero-order valence-corrected chi connectivity index (χ0v) is 15.8. The van der Waals surface area contributed by atoms with Crippen LogP contribution < -0.4 is 10.1 Å². The first kappa shape index (κ1) is 19.1. The van der Waals surface area contributed by atoms with Gasteiger partial charge < -0.3 is 15.2 Å². The van der Waals surface area contributed by atoms with Gasteiger partial charge in [0, 0.05) is 27.8 Å². The number of carboxylic acids is 1. The normalized spacial score (nSPS) is 10.4. The maximum Gasteiger partial charge on any atom is 0.335 e. The smallest absolute Gasteiger partial charge is 0.335 e. The molecule has 4 nitrogen and oxygen atoms in total. The van der Waals surface area contributed by atoms with Crippen LogP contribution in [-0.2, 0) is 13.2 Å². The molecule has 0 radical (unpaired) electrons. The molecular weight excluding hydrogens is 385 g/mol. The van der Waals surface area contributed by atoms with Crippen LogP contribution in [0.2, 0.25) is 10.0 Å². The molecule has 0 saturated heterocycles. The van der Waals surface area contributed by atoms with Gasteiger partial charge >= 0.3 is 5.97 Å². The SMILES string of the molecule is O=C(O)c1ccc(NCc2cc(Cl)ccc2OCc2ccc(Cl)cc2)cc1. The number of nitrogens with one attached hydrogen (secondary N) is 1. The Morgan fingerprint density at radius 1 is 0.926 bits per heavy atom. The van der Waals surface area contributed by atoms with E-state index in [4.69, 9.17) is 33.0 Å². The lowest BCUT2D eigenvalue weighted by Gasteiger charge is -2.14. The highest BCUT2D eigenvalue weighted by Gasteiger charge is 2.07. The summed E-state index contributed by atoms with van der Waals surface area (Å²) in [6, 6.07) is 19.5. The zero-order valence-electron chi connectivity index (χ0n) is 14.3. The van der Waals surface area contributed by atoms with Gasteiger partial charge in [-0.2, -0.15) is 0 Å². The Bertz CT molecular complexity index is 925. The lowest BCUT2D eigenvalue weighted by atomic mass is 10.1. The van der Waals surface area contributed by atoms with Gasteiger partial charge in [0.25, 0.3) is 0 Å². The lowest BCUT2D eigenvalue weighted by molar-refractivity contribution is 0.0697. The fourth-order valence-corrected chi connectivity index (χ4v) is 2.82. The number of rotatable bonds is 7. The molecule has 0 saturated carbocycles. The van der Waals surface area contributed by atoms with E-state index in [2.05, 4.69) is 5.32 Å². The second-order valence-electron chi connectivity index (χ2n) is 5.90. The van der Waals surface area contributed by atoms with Gasteiger partial charge in [-0.1, -0.05) is 35.3 Å². The van der Waals surface area contributed by atoms with Crippen LogP contribution in [0.3, 0.4) is 0 Å². The van der Waals surface area contributed by atoms with Crippen LogP contribution in [0.1, 0.15) is 21.5 Å². The number of halogens is 2. The summed E-state index contributed by atoms with van der Waals surface area (Å²) in [5, 5.41) is 13.5. The first-order valence-electron chi connectivity index (χ1n) is 8.24. The predicted octanol–water partition coefficient (Wildman–Crippen LogP) is 5.88. The third-order valence-corrected chi connectivity index (χ3v) is 4.43. The maximum absolute atomic E-state index is 10.9. The van der Waals surface area contributed by atoms with Crippen molar-refractivity contribution < 1.29 is 14.6 Å². The Morgan fingerprint density at radius 2 is 1.59 bits per heavy atom. The van der Waals surface area contributed by atoms with Gasteiger partial charge in [0.05, 0.1) is 5.56 Å². The first-order valence-corrected chi connectivity index (χ1v) is 9.00. The van der Waals surface area contributed by atoms with E-state index in [1.165, 1.54) is 0 Å². The number of hydrogen-bond acceptors (Lipinski definition) is 3. The second kappa shape index (κ2) is 8.80. The number of benzene rings is 3. The summed E-state index contributed by atoms with van der Waals surface area (Å²) in [4.78, 5) is 10.9. The summed E-state index contributed by atoms with van der Waals surface area (Å²) in [5.41, 5.74) is 2.97. The molecule has 27 heavy (non-hydrogen) atoms. The van der Waals surface area contributed by atoms with Crippen LogP contribution in [0, 0.1) is 0 Å². The van der Waals surface area contributed by atoms with Crippen molar-refractivity contribution in [2.75, 3.05) is 5.32 Å². The molecule has 3 aromatic rings. The van der Waals surface area contributed by atoms with Gasteiger partial charge in [-0.25, -0.2) is 4.79 Å². The van der Waals surface area contributed by atoms with E-state index < -0.39 is 5.97 Å². The minimum Gasteiger partial charge on any atom is -0.489 e. The molecule has 0 aromatic heterocycles. The molecule has 0 unspecified atom stereocenters. The van der Waals surface area contributed by atoms with Gasteiger partial charge in [0.15, 0.2) is 0 Å². The van der Waals surface area contributed by atoms with E-state index in [0.717, 1.165) is 22.6 Å². The highest BCUT2D eigenvalue weighted by molar-refractivity contribution is 6.30. The van der Waals surface area contributed by atoms with Crippen molar-refractivity contribution in [3.05, 3.63) is 93.5 Å². The first-order chi connectivity index (χ1) is 13.0. The molecule has 0 aliphatic rings. The van der Waals surface area contributed by atoms with Gasteiger partial charge in [0.2, 0.25) is 0 Å². The Labute approximate surface area is 167 Å². The fraction of sp³-hybridized carbons (Fsp3) is 0.0952. The van der Waals surface area contributed by atoms with E-state index >= 15 is 0 Å². The van der Waals surface area contributed by atoms with Crippen LogP contribution in [0.15, 0.2) is 66.7 Å². The lowest BCUT2D eigenvalue weighted by Crippen LogP contribution is -2.04. The quantitative estimate of drug-likeness (QED) is 0.518. The van der Waals surface area contributed by atoms with Crippen LogP contribution >= 0.6 is 23.2 Å². The summed E-state index contributed by atoms with van der Waals surface area (Å²) < 4.78 is 5.94. The molecule has 2 N–H and O–H groups in total. The molecule has 0 spiro atoms. The largest absolute Gasteiger partial charge is 0.489 e. The molecule has 0 atom stereocenters. The van der Waals surface area contributed by atoms with E-state index in [0.29, 0.717) is 23.2 Å². The summed E-state index contributed by atoms with van der Waals surface area (Å²) in [7, 11) is 0. The molecule has 0 fully saturated rings. The molecular formula is C21H17Cl2NO3. The molecule has 0 aliphatic carbocycles. The summed E-state index contributed by atoms with van der Waals surface area (Å²) in [6.07, 6.45) is 0. The van der Waals surface area contributed by atoms with Gasteiger partial charge in [0.1, 0.15) is 12.4 Å². The maximum atomic E-state index is 10.9. The zero-order chi connectivity index (χ0) is 19.2. The highest BCUT2D eigenvalue weighted by Crippen LogP contribution is 2.25. The van der Waals surface area contributed by atoms with Crippen LogP contribution in [0.4, 0.5) is 5.69 Å². The van der Waals surface area contributed by atoms with Crippen LogP contribution in [-0.4, -0.2) is 11.1 Å². The number of ether oxygens (including phenoxy) is 1. The van der Waals surface area contributed by atoms with E-state index in [1.54, 1.807) is 30.3 Å². The third-order valence-electron chi connectivity index (χ3n) is 3.94. The molecule has 6 heteroatoms. The Kier molecular flexibility index (Phi) is 6.22. The number of carboxylic acid groups (broad SMARTS) is 1. The summed E-state index contributed by atoms with van der Waals surface area (Å²) >= 11 is 12.0. The van der Waals surface area contributed by atoms with Crippen molar-refractivity contribution in [3.63, 3.8) is 0 Å². The molecule has 3 aromatic carbocycles. The van der Waals surface area contributed by atoms with Crippen molar-refractivity contribution in [1.82, 2.24) is 0 Å². The minimum atomic E-state index is -0.950. The predicted molar refractivity (Wildman–Crippen MR) is 108 cm³/mol. The van der Waals surface area contributed by atoms with Gasteiger partial charge in [-0.3, -0.25) is 0 Å². The summed E-state index contributed by atoms with van der Waals surface area (Å²) in [6.45, 7) is 0.905. The van der Waals surface area contributed by atoms with E-state index in [-0.39, 0.29) is 5.56 Å². The van der Waals surface area contributed by atoms with Crippen LogP contribution in [0.25, 0.3) is 0 Å². The topological polar surface area (TPSA) is 58.6 Å². The molecule has 0 bridgehead atoms. The second-order valence-corrected chi connectivity index (χ2v) is 6.78. The monoisotopic (exact) mass is 401 g/mol. The van der Waals surface area contributed by atoms with Gasteiger partial charge in [-0.15, -0.1) is 0 Å². The summed E-state index contributed by atoms with van der Waals surface area (Å²) in [5.74, 6) is -0.224. The average Bonchev–Trinajstić information content (AvgIpc) is 2.67. The number of carbonyl (C=O) groups is 1. The van der Waals surface area contributed by atoms with Crippen molar-refractivity contribution >= 4 is 34.9 Å². The third kappa shape index (κ3) is 5.39. The van der Waals surface area contributed by atoms with Crippen molar-refractivity contribution in [2.24, 2.45) is 0 Å². The Hall–Kier alpha value is -2.69. The Morgan fingerprint density at radius 3 is 2.26 bits per heavy atom. The molecule has 0 heterocycles. The molecule has 3 rings (SSSR count). The standard InChI is InChI=1S/C21H17Cl2NO3/c22-17-5-1-14(2-6-17)13-27-20-10-7-18(23)11-16(20)12-24-19-8-3-15(4-9-19)21(25)26/h1-11,24H,12-13H2,(H,25,26). The Balaban J connectivity index is 1.68. The average molecular weight is 402 g/mol. The number of hydrogen-bond donors (Lipinski definition) is 2. The van der Waals surface area contributed by atoms with Crippen molar-refractivity contribution in [3.8, 4) is 5.75 Å². The van der Waals surface area contributed by atoms with E-state index in [1.807, 2.05) is 36.4 Å². The number of anilines is 1. The number of aromatic carboxylic acids is 1. The molecule has 0 amide bonds. The fourth-order valence-electron chi connectivity index (χ4n) is 2.50. The highest BCUT2D eigenvalue weighted by atomic mass is 35.5. The molecule has 138 valence electrons. The van der Waals surface area contributed by atoms with Crippen molar-refractivity contribution in [2.45, 2.75) is 13.2 Å². The van der Waals surface area contributed by atoms with Crippen LogP contribution in [0.5, 0.6) is 5.75 Å². The van der Waals surface area contributed by atoms with Gasteiger partial charge in [-0.05, 0) is 60.2 Å². The van der Waals surface area contributed by atoms with E-state index in [9.17, 15) is 4.79 Å². The van der Waals surface area contributed by atoms with Crippen molar-refractivity contribution in [1.29, 1.82) is 0 Å². The minimum absolute atomic E-state index is 0.246. The molecule has 0 aliphatic heterocycles.